The van der Waals surface area contributed by atoms with Crippen molar-refractivity contribution in [2.45, 2.75) is 20.8 Å². The van der Waals surface area contributed by atoms with Crippen LogP contribution in [0.5, 0.6) is 5.88 Å². The predicted octanol–water partition coefficient (Wildman–Crippen LogP) is 7.06. The minimum Gasteiger partial charge on any atom is -0.407 e. The summed E-state index contributed by atoms with van der Waals surface area (Å²) in [5, 5.41) is 9.72. The van der Waals surface area contributed by atoms with Crippen LogP contribution in [0, 0.1) is 13.8 Å². The first kappa shape index (κ1) is 24.2. The maximum absolute atomic E-state index is 12.5. The number of carbonyl (C=O) groups is 2. The van der Waals surface area contributed by atoms with Crippen molar-refractivity contribution in [3.05, 3.63) is 106 Å². The van der Waals surface area contributed by atoms with Gasteiger partial charge in [0.1, 0.15) is 5.69 Å². The van der Waals surface area contributed by atoms with Crippen molar-refractivity contribution in [2.24, 2.45) is 0 Å². The summed E-state index contributed by atoms with van der Waals surface area (Å²) in [4.78, 5) is 25.3. The van der Waals surface area contributed by atoms with Gasteiger partial charge in [-0.05, 0) is 60.7 Å². The van der Waals surface area contributed by atoms with E-state index in [2.05, 4.69) is 5.32 Å². The highest BCUT2D eigenvalue weighted by Crippen LogP contribution is 2.41. The normalized spacial score (nSPS) is 10.8. The van der Waals surface area contributed by atoms with Crippen molar-refractivity contribution >= 4 is 28.9 Å². The van der Waals surface area contributed by atoms with Gasteiger partial charge < -0.3 is 10.1 Å². The summed E-state index contributed by atoms with van der Waals surface area (Å²) < 4.78 is 7.46. The van der Waals surface area contributed by atoms with Gasteiger partial charge >= 0.3 is 5.97 Å². The molecular formula is C30H25N3O3S. The maximum atomic E-state index is 12.5. The lowest BCUT2D eigenvalue weighted by atomic mass is 10.00. The van der Waals surface area contributed by atoms with E-state index in [1.807, 2.05) is 98.1 Å². The van der Waals surface area contributed by atoms with E-state index in [9.17, 15) is 9.59 Å². The highest BCUT2D eigenvalue weighted by molar-refractivity contribution is 7.12. The molecule has 1 amide bonds. The Morgan fingerprint density at radius 1 is 0.865 bits per heavy atom. The summed E-state index contributed by atoms with van der Waals surface area (Å²) in [6, 6.07) is 27.0. The molecule has 5 rings (SSSR count). The molecule has 0 fully saturated rings. The van der Waals surface area contributed by atoms with Crippen molar-refractivity contribution in [3.8, 4) is 34.0 Å². The van der Waals surface area contributed by atoms with Gasteiger partial charge in [-0.1, -0.05) is 60.2 Å². The molecule has 7 heteroatoms. The first-order valence-corrected chi connectivity index (χ1v) is 12.7. The van der Waals surface area contributed by atoms with Crippen LogP contribution in [0.2, 0.25) is 0 Å². The van der Waals surface area contributed by atoms with E-state index < -0.39 is 5.97 Å². The number of ether oxygens (including phenoxy) is 1. The van der Waals surface area contributed by atoms with Crippen LogP contribution in [0.1, 0.15) is 27.7 Å². The number of aryl methyl sites for hydroxylation is 2. The fourth-order valence-electron chi connectivity index (χ4n) is 4.06. The molecule has 0 aliphatic carbocycles. The number of esters is 1. The zero-order valence-electron chi connectivity index (χ0n) is 20.7. The lowest BCUT2D eigenvalue weighted by molar-refractivity contribution is -0.132. The van der Waals surface area contributed by atoms with Crippen LogP contribution >= 0.6 is 11.3 Å². The van der Waals surface area contributed by atoms with E-state index in [0.29, 0.717) is 27.7 Å². The number of carbonyl (C=O) groups excluding carboxylic acids is 2. The molecule has 0 spiro atoms. The Balaban J connectivity index is 1.64. The number of aromatic nitrogens is 2. The summed E-state index contributed by atoms with van der Waals surface area (Å²) in [6.45, 7) is 5.42. The van der Waals surface area contributed by atoms with Crippen LogP contribution < -0.4 is 10.1 Å². The van der Waals surface area contributed by atoms with Gasteiger partial charge in [0.2, 0.25) is 5.88 Å². The fourth-order valence-corrected chi connectivity index (χ4v) is 4.68. The molecule has 2 aromatic heterocycles. The monoisotopic (exact) mass is 507 g/mol. The second kappa shape index (κ2) is 10.2. The molecule has 0 bridgehead atoms. The predicted molar refractivity (Wildman–Crippen MR) is 147 cm³/mol. The van der Waals surface area contributed by atoms with E-state index in [-0.39, 0.29) is 5.91 Å². The average Bonchev–Trinajstić information content (AvgIpc) is 3.54. The van der Waals surface area contributed by atoms with Crippen molar-refractivity contribution < 1.29 is 14.3 Å². The molecule has 184 valence electrons. The number of nitrogens with one attached hydrogen (secondary N) is 1. The van der Waals surface area contributed by atoms with Gasteiger partial charge in [0.25, 0.3) is 5.91 Å². The van der Waals surface area contributed by atoms with E-state index >= 15 is 0 Å². The third-order valence-corrected chi connectivity index (χ3v) is 6.70. The lowest BCUT2D eigenvalue weighted by Gasteiger charge is -2.11. The highest BCUT2D eigenvalue weighted by atomic mass is 32.1. The Kier molecular flexibility index (Phi) is 6.70. The van der Waals surface area contributed by atoms with Crippen molar-refractivity contribution in [1.29, 1.82) is 0 Å². The molecule has 0 atom stereocenters. The Bertz CT molecular complexity index is 1570. The van der Waals surface area contributed by atoms with E-state index in [1.165, 1.54) is 18.3 Å². The third-order valence-electron chi connectivity index (χ3n) is 5.83. The molecule has 0 saturated heterocycles. The van der Waals surface area contributed by atoms with Crippen LogP contribution in [0.15, 0.2) is 90.3 Å². The first-order chi connectivity index (χ1) is 17.9. The number of thiophene rings is 1. The smallest absolute Gasteiger partial charge is 0.309 e. The standard InChI is InChI=1S/C30H25N3O3S/c1-19-9-11-23(12-10-19)28-27(22-13-15-24(16-14-22)31-29(35)26-8-5-17-37-26)30(36-21(3)34)33(32-28)25-7-4-6-20(2)18-25/h4-18H,1-3H3,(H,31,35). The van der Waals surface area contributed by atoms with E-state index in [4.69, 9.17) is 9.84 Å². The zero-order chi connectivity index (χ0) is 25.9. The van der Waals surface area contributed by atoms with Crippen molar-refractivity contribution in [1.82, 2.24) is 9.78 Å². The molecule has 0 aliphatic rings. The van der Waals surface area contributed by atoms with Gasteiger partial charge in [-0.15, -0.1) is 11.3 Å². The number of hydrogen-bond acceptors (Lipinski definition) is 5. The number of hydrogen-bond donors (Lipinski definition) is 1. The van der Waals surface area contributed by atoms with Gasteiger partial charge in [-0.3, -0.25) is 9.59 Å². The van der Waals surface area contributed by atoms with E-state index in [1.54, 1.807) is 10.7 Å². The lowest BCUT2D eigenvalue weighted by Crippen LogP contribution is -2.10. The average molecular weight is 508 g/mol. The molecule has 6 nitrogen and oxygen atoms in total. The number of benzene rings is 3. The second-order valence-corrected chi connectivity index (χ2v) is 9.70. The molecule has 0 radical (unpaired) electrons. The first-order valence-electron chi connectivity index (χ1n) is 11.8. The molecule has 1 N–H and O–H groups in total. The number of nitrogens with zero attached hydrogens (tertiary/aromatic N) is 2. The van der Waals surface area contributed by atoms with Crippen LogP contribution in [-0.2, 0) is 4.79 Å². The summed E-state index contributed by atoms with van der Waals surface area (Å²) in [5.41, 5.74) is 6.73. The molecule has 37 heavy (non-hydrogen) atoms. The zero-order valence-corrected chi connectivity index (χ0v) is 21.5. The molecule has 2 heterocycles. The van der Waals surface area contributed by atoms with Crippen molar-refractivity contribution in [3.63, 3.8) is 0 Å². The summed E-state index contributed by atoms with van der Waals surface area (Å²) in [5.74, 6) is -0.259. The van der Waals surface area contributed by atoms with Gasteiger partial charge in [0.05, 0.1) is 16.1 Å². The molecular weight excluding hydrogens is 482 g/mol. The SMILES string of the molecule is CC(=O)Oc1c(-c2ccc(NC(=O)c3cccs3)cc2)c(-c2ccc(C)cc2)nn1-c1cccc(C)c1. The van der Waals surface area contributed by atoms with E-state index in [0.717, 1.165) is 27.9 Å². The van der Waals surface area contributed by atoms with Gasteiger partial charge in [0.15, 0.2) is 0 Å². The number of anilines is 1. The molecule has 0 saturated carbocycles. The van der Waals surface area contributed by atoms with Crippen molar-refractivity contribution in [2.75, 3.05) is 5.32 Å². The Hall–Kier alpha value is -4.49. The maximum Gasteiger partial charge on any atom is 0.309 e. The third kappa shape index (κ3) is 5.22. The fraction of sp³-hybridized carbons (Fsp3) is 0.100. The Labute approximate surface area is 219 Å². The Morgan fingerprint density at radius 3 is 2.24 bits per heavy atom. The minimum absolute atomic E-state index is 0.157. The van der Waals surface area contributed by atoms with Crippen LogP contribution in [0.3, 0.4) is 0 Å². The molecule has 5 aromatic rings. The highest BCUT2D eigenvalue weighted by Gasteiger charge is 2.24. The molecule has 0 aliphatic heterocycles. The topological polar surface area (TPSA) is 73.2 Å². The molecule has 3 aromatic carbocycles. The van der Waals surface area contributed by atoms with Crippen LogP contribution in [0.4, 0.5) is 5.69 Å². The largest absolute Gasteiger partial charge is 0.407 e. The number of rotatable bonds is 6. The van der Waals surface area contributed by atoms with Gasteiger partial charge in [-0.25, -0.2) is 0 Å². The summed E-state index contributed by atoms with van der Waals surface area (Å²) >= 11 is 1.39. The van der Waals surface area contributed by atoms with Crippen LogP contribution in [-0.4, -0.2) is 21.7 Å². The summed E-state index contributed by atoms with van der Waals surface area (Å²) in [6.07, 6.45) is 0. The quantitative estimate of drug-likeness (QED) is 0.250. The van der Waals surface area contributed by atoms with Crippen LogP contribution in [0.25, 0.3) is 28.1 Å². The molecule has 0 unspecified atom stereocenters. The Morgan fingerprint density at radius 2 is 1.59 bits per heavy atom. The summed E-state index contributed by atoms with van der Waals surface area (Å²) in [7, 11) is 0. The van der Waals surface area contributed by atoms with Gasteiger partial charge in [0, 0.05) is 18.2 Å². The second-order valence-electron chi connectivity index (χ2n) is 8.75. The van der Waals surface area contributed by atoms with Gasteiger partial charge in [-0.2, -0.15) is 9.78 Å². The minimum atomic E-state index is -0.439. The number of amides is 1.